The first-order chi connectivity index (χ1) is 13.6. The number of carbonyl (C=O) groups is 2. The number of nitrogens with zero attached hydrogens (tertiary/aromatic N) is 1. The fourth-order valence-electron chi connectivity index (χ4n) is 3.99. The molecule has 2 aliphatic rings. The van der Waals surface area contributed by atoms with Gasteiger partial charge in [0.2, 0.25) is 0 Å². The quantitative estimate of drug-likeness (QED) is 0.722. The van der Waals surface area contributed by atoms with Crippen molar-refractivity contribution in [3.8, 4) is 11.5 Å². The number of fused-ring (bicyclic) bond motifs is 1. The van der Waals surface area contributed by atoms with Crippen LogP contribution in [0.15, 0.2) is 42.5 Å². The topological polar surface area (TPSA) is 55.8 Å². The lowest BCUT2D eigenvalue weighted by Gasteiger charge is -2.17. The zero-order chi connectivity index (χ0) is 19.7. The number of amides is 2. The minimum absolute atomic E-state index is 0.200. The molecule has 0 spiro atoms. The van der Waals surface area contributed by atoms with E-state index < -0.39 is 0 Å². The first-order valence-corrected chi connectivity index (χ1v) is 9.53. The fourth-order valence-corrected chi connectivity index (χ4v) is 3.99. The molecule has 2 aromatic carbocycles. The van der Waals surface area contributed by atoms with E-state index in [4.69, 9.17) is 9.47 Å². The Morgan fingerprint density at radius 3 is 2.43 bits per heavy atom. The summed E-state index contributed by atoms with van der Waals surface area (Å²) in [6.07, 6.45) is 6.47. The van der Waals surface area contributed by atoms with Gasteiger partial charge in [-0.2, -0.15) is 0 Å². The van der Waals surface area contributed by atoms with Crippen LogP contribution in [0.5, 0.6) is 11.5 Å². The number of allylic oxidation sites excluding steroid dienone is 2. The van der Waals surface area contributed by atoms with E-state index in [1.165, 1.54) is 16.9 Å². The molecule has 0 bridgehead atoms. The van der Waals surface area contributed by atoms with Crippen LogP contribution in [0.2, 0.25) is 0 Å². The molecule has 28 heavy (non-hydrogen) atoms. The first-order valence-electron chi connectivity index (χ1n) is 9.53. The van der Waals surface area contributed by atoms with E-state index in [0.29, 0.717) is 22.6 Å². The third-order valence-corrected chi connectivity index (χ3v) is 5.42. The van der Waals surface area contributed by atoms with Gasteiger partial charge in [0.25, 0.3) is 11.8 Å². The highest BCUT2D eigenvalue weighted by atomic mass is 16.5. The van der Waals surface area contributed by atoms with Crippen molar-refractivity contribution in [1.82, 2.24) is 4.90 Å². The molecule has 1 heterocycles. The number of hydrogen-bond acceptors (Lipinski definition) is 4. The third-order valence-electron chi connectivity index (χ3n) is 5.42. The van der Waals surface area contributed by atoms with E-state index in [0.717, 1.165) is 30.4 Å². The van der Waals surface area contributed by atoms with Crippen LogP contribution in [0.25, 0.3) is 5.57 Å². The van der Waals surface area contributed by atoms with Crippen LogP contribution in [0, 0.1) is 0 Å². The summed E-state index contributed by atoms with van der Waals surface area (Å²) in [7, 11) is 3.14. The second kappa shape index (κ2) is 7.50. The normalized spacial score (nSPS) is 16.1. The Labute approximate surface area is 164 Å². The summed E-state index contributed by atoms with van der Waals surface area (Å²) in [6, 6.07) is 11.0. The van der Waals surface area contributed by atoms with Gasteiger partial charge in [0.1, 0.15) is 0 Å². The summed E-state index contributed by atoms with van der Waals surface area (Å²) >= 11 is 0. The number of rotatable bonds is 5. The average Bonchev–Trinajstić information content (AvgIpc) is 2.99. The van der Waals surface area contributed by atoms with E-state index in [2.05, 4.69) is 6.08 Å². The highest BCUT2D eigenvalue weighted by molar-refractivity contribution is 6.23. The van der Waals surface area contributed by atoms with Crippen molar-refractivity contribution >= 4 is 17.4 Å². The van der Waals surface area contributed by atoms with Gasteiger partial charge in [-0.15, -0.1) is 0 Å². The molecule has 0 atom stereocenters. The van der Waals surface area contributed by atoms with Crippen molar-refractivity contribution < 1.29 is 19.1 Å². The van der Waals surface area contributed by atoms with Gasteiger partial charge in [-0.25, -0.2) is 0 Å². The molecule has 0 aromatic heterocycles. The largest absolute Gasteiger partial charge is 0.493 e. The third kappa shape index (κ3) is 3.07. The standard InChI is InChI=1S/C23H23NO4/c1-27-19-12-11-15(13-20(19)28-2)14-24-22(25)18-10-6-9-17(21(18)23(24)26)16-7-4-3-5-8-16/h6-7,9-13H,3-5,8,14H2,1-2H3. The predicted molar refractivity (Wildman–Crippen MR) is 107 cm³/mol. The lowest BCUT2D eigenvalue weighted by atomic mass is 9.89. The van der Waals surface area contributed by atoms with Crippen LogP contribution in [0.3, 0.4) is 0 Å². The van der Waals surface area contributed by atoms with Crippen LogP contribution in [-0.2, 0) is 6.54 Å². The van der Waals surface area contributed by atoms with Crippen LogP contribution < -0.4 is 9.47 Å². The Bertz CT molecular complexity index is 977. The van der Waals surface area contributed by atoms with E-state index in [-0.39, 0.29) is 18.4 Å². The lowest BCUT2D eigenvalue weighted by Crippen LogP contribution is -2.29. The van der Waals surface area contributed by atoms with E-state index in [1.807, 2.05) is 18.2 Å². The van der Waals surface area contributed by atoms with Crippen molar-refractivity contribution in [2.75, 3.05) is 14.2 Å². The summed E-state index contributed by atoms with van der Waals surface area (Å²) in [5.41, 5.74) is 3.93. The van der Waals surface area contributed by atoms with Crippen molar-refractivity contribution in [3.05, 3.63) is 64.7 Å². The summed E-state index contributed by atoms with van der Waals surface area (Å²) in [5, 5.41) is 0. The number of methoxy groups -OCH3 is 2. The summed E-state index contributed by atoms with van der Waals surface area (Å²) in [6.45, 7) is 0.200. The number of benzene rings is 2. The SMILES string of the molecule is COc1ccc(CN2C(=O)c3cccc(C4=CCCCC4)c3C2=O)cc1OC. The average molecular weight is 377 g/mol. The molecule has 2 amide bonds. The summed E-state index contributed by atoms with van der Waals surface area (Å²) in [5.74, 6) is 0.717. The Morgan fingerprint density at radius 2 is 1.71 bits per heavy atom. The molecule has 0 saturated heterocycles. The maximum Gasteiger partial charge on any atom is 0.262 e. The molecule has 0 N–H and O–H groups in total. The van der Waals surface area contributed by atoms with Crippen molar-refractivity contribution in [3.63, 3.8) is 0 Å². The second-order valence-corrected chi connectivity index (χ2v) is 7.09. The molecule has 144 valence electrons. The Morgan fingerprint density at radius 1 is 0.929 bits per heavy atom. The van der Waals surface area contributed by atoms with Crippen LogP contribution in [-0.4, -0.2) is 30.9 Å². The van der Waals surface area contributed by atoms with Crippen LogP contribution >= 0.6 is 0 Å². The fraction of sp³-hybridized carbons (Fsp3) is 0.304. The molecule has 5 nitrogen and oxygen atoms in total. The minimum Gasteiger partial charge on any atom is -0.493 e. The number of ether oxygens (including phenoxy) is 2. The Balaban J connectivity index is 1.67. The molecule has 4 rings (SSSR count). The van der Waals surface area contributed by atoms with Gasteiger partial charge in [0.15, 0.2) is 11.5 Å². The molecule has 0 fully saturated rings. The van der Waals surface area contributed by atoms with Gasteiger partial charge >= 0.3 is 0 Å². The van der Waals surface area contributed by atoms with Gasteiger partial charge in [0.05, 0.1) is 31.9 Å². The molecule has 5 heteroatoms. The van der Waals surface area contributed by atoms with Gasteiger partial charge in [0, 0.05) is 0 Å². The van der Waals surface area contributed by atoms with Crippen LogP contribution in [0.1, 0.15) is 57.5 Å². The van der Waals surface area contributed by atoms with Gasteiger partial charge < -0.3 is 9.47 Å². The van der Waals surface area contributed by atoms with Gasteiger partial charge in [-0.1, -0.05) is 24.3 Å². The summed E-state index contributed by atoms with van der Waals surface area (Å²) < 4.78 is 10.6. The van der Waals surface area contributed by atoms with Crippen molar-refractivity contribution in [2.45, 2.75) is 32.2 Å². The maximum atomic E-state index is 13.2. The molecular weight excluding hydrogens is 354 g/mol. The van der Waals surface area contributed by atoms with E-state index in [9.17, 15) is 9.59 Å². The van der Waals surface area contributed by atoms with Crippen LogP contribution in [0.4, 0.5) is 0 Å². The highest BCUT2D eigenvalue weighted by Crippen LogP contribution is 2.35. The number of carbonyl (C=O) groups excluding carboxylic acids is 2. The number of imide groups is 1. The van der Waals surface area contributed by atoms with Gasteiger partial charge in [-0.05, 0) is 60.6 Å². The zero-order valence-corrected chi connectivity index (χ0v) is 16.2. The Kier molecular flexibility index (Phi) is 4.90. The molecule has 0 unspecified atom stereocenters. The van der Waals surface area contributed by atoms with Crippen molar-refractivity contribution in [2.24, 2.45) is 0 Å². The molecule has 1 aliphatic heterocycles. The number of hydrogen-bond donors (Lipinski definition) is 0. The lowest BCUT2D eigenvalue weighted by molar-refractivity contribution is 0.0642. The second-order valence-electron chi connectivity index (χ2n) is 7.09. The Hall–Kier alpha value is -3.08. The first kappa shape index (κ1) is 18.3. The highest BCUT2D eigenvalue weighted by Gasteiger charge is 2.37. The smallest absolute Gasteiger partial charge is 0.262 e. The molecular formula is C23H23NO4. The molecule has 2 aromatic rings. The monoisotopic (exact) mass is 377 g/mol. The minimum atomic E-state index is -0.243. The van der Waals surface area contributed by atoms with Crippen molar-refractivity contribution in [1.29, 1.82) is 0 Å². The van der Waals surface area contributed by atoms with E-state index in [1.54, 1.807) is 32.4 Å². The summed E-state index contributed by atoms with van der Waals surface area (Å²) in [4.78, 5) is 27.4. The molecule has 1 aliphatic carbocycles. The maximum absolute atomic E-state index is 13.2. The molecule has 0 saturated carbocycles. The molecule has 0 radical (unpaired) electrons. The zero-order valence-electron chi connectivity index (χ0n) is 16.2. The van der Waals surface area contributed by atoms with Gasteiger partial charge in [-0.3, -0.25) is 14.5 Å². The predicted octanol–water partition coefficient (Wildman–Crippen LogP) is 4.46. The van der Waals surface area contributed by atoms with E-state index >= 15 is 0 Å².